The molecule has 4 rings (SSSR count). The molecule has 1 aliphatic heterocycles. The van der Waals surface area contributed by atoms with Crippen molar-refractivity contribution in [2.45, 2.75) is 56.3 Å². The number of fused-ring (bicyclic) bond motifs is 1. The van der Waals surface area contributed by atoms with Gasteiger partial charge in [0.15, 0.2) is 0 Å². The first-order valence-corrected chi connectivity index (χ1v) is 10.9. The number of halogens is 6. The lowest BCUT2D eigenvalue weighted by atomic mass is 9.85. The first-order chi connectivity index (χ1) is 16.4. The minimum absolute atomic E-state index is 0.0570. The zero-order chi connectivity index (χ0) is 25.6. The van der Waals surface area contributed by atoms with Gasteiger partial charge in [0.05, 0.1) is 23.4 Å². The second-order valence-corrected chi connectivity index (χ2v) is 8.49. The van der Waals surface area contributed by atoms with Crippen molar-refractivity contribution < 1.29 is 40.7 Å². The monoisotopic (exact) mass is 500 g/mol. The van der Waals surface area contributed by atoms with Crippen LogP contribution < -0.4 is 5.32 Å². The average Bonchev–Trinajstić information content (AvgIpc) is 3.41. The Kier molecular flexibility index (Phi) is 6.33. The molecular formula is C24H22F6N2O3. The van der Waals surface area contributed by atoms with Crippen molar-refractivity contribution in [1.82, 2.24) is 5.32 Å². The Bertz CT molecular complexity index is 1160. The van der Waals surface area contributed by atoms with Crippen molar-refractivity contribution in [2.75, 3.05) is 7.11 Å². The van der Waals surface area contributed by atoms with Crippen LogP contribution in [0.2, 0.25) is 0 Å². The molecule has 0 aromatic heterocycles. The molecule has 3 unspecified atom stereocenters. The van der Waals surface area contributed by atoms with Gasteiger partial charge in [0.25, 0.3) is 5.60 Å². The Balaban J connectivity index is 1.68. The lowest BCUT2D eigenvalue weighted by Crippen LogP contribution is -2.42. The predicted octanol–water partition coefficient (Wildman–Crippen LogP) is 5.95. The summed E-state index contributed by atoms with van der Waals surface area (Å²) in [5.74, 6) is -0.147. The molecular weight excluding hydrogens is 478 g/mol. The Labute approximate surface area is 197 Å². The third-order valence-corrected chi connectivity index (χ3v) is 6.38. The molecule has 2 aromatic rings. The first-order valence-electron chi connectivity index (χ1n) is 10.9. The SMILES string of the molecule is CCC(=O)NC1CC(OC)c2cc(C3=NOC(c4cccc(C(F)(F)F)c4)(C(F)(F)F)C3)ccc21. The van der Waals surface area contributed by atoms with Crippen LogP contribution in [0.4, 0.5) is 26.3 Å². The number of carbonyl (C=O) groups excluding carboxylic acids is 1. The summed E-state index contributed by atoms with van der Waals surface area (Å²) in [4.78, 5) is 16.8. The molecule has 0 saturated carbocycles. The van der Waals surface area contributed by atoms with E-state index >= 15 is 0 Å². The Morgan fingerprint density at radius 2 is 1.89 bits per heavy atom. The van der Waals surface area contributed by atoms with Gasteiger partial charge in [-0.25, -0.2) is 0 Å². The first kappa shape index (κ1) is 25.0. The molecule has 5 nitrogen and oxygen atoms in total. The van der Waals surface area contributed by atoms with Gasteiger partial charge < -0.3 is 14.9 Å². The number of amides is 1. The van der Waals surface area contributed by atoms with Gasteiger partial charge in [-0.2, -0.15) is 26.3 Å². The van der Waals surface area contributed by atoms with Gasteiger partial charge in [0.2, 0.25) is 5.91 Å². The van der Waals surface area contributed by atoms with E-state index in [1.54, 1.807) is 25.1 Å². The minimum Gasteiger partial charge on any atom is -0.377 e. The molecule has 2 aliphatic rings. The smallest absolute Gasteiger partial charge is 0.377 e. The van der Waals surface area contributed by atoms with Crippen molar-refractivity contribution in [3.05, 3.63) is 70.3 Å². The highest BCUT2D eigenvalue weighted by molar-refractivity contribution is 6.02. The van der Waals surface area contributed by atoms with Crippen LogP contribution in [0.25, 0.3) is 0 Å². The summed E-state index contributed by atoms with van der Waals surface area (Å²) in [6.45, 7) is 1.72. The number of carbonyl (C=O) groups is 1. The zero-order valence-corrected chi connectivity index (χ0v) is 18.8. The van der Waals surface area contributed by atoms with Crippen LogP contribution in [0.5, 0.6) is 0 Å². The minimum atomic E-state index is -5.04. The predicted molar refractivity (Wildman–Crippen MR) is 113 cm³/mol. The number of hydrogen-bond donors (Lipinski definition) is 1. The molecule has 35 heavy (non-hydrogen) atoms. The average molecular weight is 500 g/mol. The van der Waals surface area contributed by atoms with Gasteiger partial charge in [-0.3, -0.25) is 4.79 Å². The summed E-state index contributed by atoms with van der Waals surface area (Å²) >= 11 is 0. The molecule has 11 heteroatoms. The van der Waals surface area contributed by atoms with Gasteiger partial charge in [-0.15, -0.1) is 0 Å². The van der Waals surface area contributed by atoms with E-state index in [1.807, 2.05) is 0 Å². The second-order valence-electron chi connectivity index (χ2n) is 8.49. The van der Waals surface area contributed by atoms with Crippen molar-refractivity contribution in [2.24, 2.45) is 5.16 Å². The fraction of sp³-hybridized carbons (Fsp3) is 0.417. The number of rotatable bonds is 5. The van der Waals surface area contributed by atoms with Crippen molar-refractivity contribution in [1.29, 1.82) is 0 Å². The molecule has 0 spiro atoms. The number of oxime groups is 1. The van der Waals surface area contributed by atoms with E-state index in [0.717, 1.165) is 17.7 Å². The van der Waals surface area contributed by atoms with E-state index in [9.17, 15) is 31.1 Å². The molecule has 1 amide bonds. The van der Waals surface area contributed by atoms with Crippen LogP contribution in [0.15, 0.2) is 47.6 Å². The highest BCUT2D eigenvalue weighted by Gasteiger charge is 2.62. The maximum absolute atomic E-state index is 14.2. The number of benzene rings is 2. The highest BCUT2D eigenvalue weighted by Crippen LogP contribution is 2.50. The van der Waals surface area contributed by atoms with Gasteiger partial charge in [-0.05, 0) is 34.9 Å². The fourth-order valence-electron chi connectivity index (χ4n) is 4.48. The van der Waals surface area contributed by atoms with Crippen molar-refractivity contribution in [3.8, 4) is 0 Å². The van der Waals surface area contributed by atoms with Gasteiger partial charge >= 0.3 is 12.4 Å². The van der Waals surface area contributed by atoms with E-state index in [2.05, 4.69) is 10.5 Å². The number of nitrogens with zero attached hydrogens (tertiary/aromatic N) is 1. The third kappa shape index (κ3) is 4.49. The van der Waals surface area contributed by atoms with Crippen LogP contribution in [-0.2, 0) is 26.1 Å². The standard InChI is InChI=1S/C24H22F6N2O3/c1-3-21(33)31-18-11-20(34-2)17-9-13(7-8-16(17)18)19-12-22(35-32-19,24(28,29)30)14-5-4-6-15(10-14)23(25,26)27/h4-10,18,20H,3,11-12H2,1-2H3,(H,31,33). The summed E-state index contributed by atoms with van der Waals surface area (Å²) in [5, 5.41) is 6.55. The van der Waals surface area contributed by atoms with Crippen molar-refractivity contribution in [3.63, 3.8) is 0 Å². The number of ether oxygens (including phenoxy) is 1. The maximum atomic E-state index is 14.2. The second kappa shape index (κ2) is 8.85. The summed E-state index contributed by atoms with van der Waals surface area (Å²) in [7, 11) is 1.49. The summed E-state index contributed by atoms with van der Waals surface area (Å²) in [5.41, 5.74) is -3.21. The summed E-state index contributed by atoms with van der Waals surface area (Å²) < 4.78 is 87.6. The van der Waals surface area contributed by atoms with E-state index in [1.165, 1.54) is 7.11 Å². The Morgan fingerprint density at radius 1 is 1.14 bits per heavy atom. The largest absolute Gasteiger partial charge is 0.435 e. The molecule has 188 valence electrons. The fourth-order valence-corrected chi connectivity index (χ4v) is 4.48. The van der Waals surface area contributed by atoms with Crippen LogP contribution >= 0.6 is 0 Å². The van der Waals surface area contributed by atoms with E-state index in [0.29, 0.717) is 36.1 Å². The normalized spacial score (nSPS) is 24.1. The van der Waals surface area contributed by atoms with Gasteiger partial charge in [-0.1, -0.05) is 36.3 Å². The number of alkyl halides is 6. The molecule has 1 N–H and O–H groups in total. The molecule has 0 saturated heterocycles. The Morgan fingerprint density at radius 3 is 2.51 bits per heavy atom. The lowest BCUT2D eigenvalue weighted by Gasteiger charge is -2.30. The number of methoxy groups -OCH3 is 1. The van der Waals surface area contributed by atoms with Crippen LogP contribution in [-0.4, -0.2) is 24.9 Å². The maximum Gasteiger partial charge on any atom is 0.435 e. The lowest BCUT2D eigenvalue weighted by molar-refractivity contribution is -0.276. The zero-order valence-electron chi connectivity index (χ0n) is 18.8. The van der Waals surface area contributed by atoms with Crippen LogP contribution in [0.3, 0.4) is 0 Å². The molecule has 1 heterocycles. The summed E-state index contributed by atoms with van der Waals surface area (Å²) in [6.07, 6.45) is -10.3. The van der Waals surface area contributed by atoms with E-state index in [-0.39, 0.29) is 17.7 Å². The molecule has 2 aromatic carbocycles. The topological polar surface area (TPSA) is 59.9 Å². The highest BCUT2D eigenvalue weighted by atomic mass is 19.4. The quantitative estimate of drug-likeness (QED) is 0.517. The van der Waals surface area contributed by atoms with E-state index in [4.69, 9.17) is 9.57 Å². The molecule has 0 fully saturated rings. The third-order valence-electron chi connectivity index (χ3n) is 6.38. The van der Waals surface area contributed by atoms with Crippen molar-refractivity contribution >= 4 is 11.6 Å². The number of hydrogen-bond acceptors (Lipinski definition) is 4. The van der Waals surface area contributed by atoms with Crippen LogP contribution in [0, 0.1) is 0 Å². The molecule has 1 aliphatic carbocycles. The van der Waals surface area contributed by atoms with Gasteiger partial charge in [0, 0.05) is 31.9 Å². The molecule has 0 radical (unpaired) electrons. The Hall–Kier alpha value is -3.08. The number of nitrogens with one attached hydrogen (secondary N) is 1. The van der Waals surface area contributed by atoms with Gasteiger partial charge in [0.1, 0.15) is 0 Å². The molecule has 3 atom stereocenters. The van der Waals surface area contributed by atoms with Crippen LogP contribution in [0.1, 0.15) is 66.1 Å². The molecule has 0 bridgehead atoms. The van der Waals surface area contributed by atoms with E-state index < -0.39 is 41.6 Å². The summed E-state index contributed by atoms with van der Waals surface area (Å²) in [6, 6.07) is 7.57.